The molecule has 1 atom stereocenters. The van der Waals surface area contributed by atoms with Gasteiger partial charge in [-0.1, -0.05) is 41.4 Å². The van der Waals surface area contributed by atoms with Crippen molar-refractivity contribution in [2.45, 2.75) is 19.2 Å². The smallest absolute Gasteiger partial charge is 0.335 e. The van der Waals surface area contributed by atoms with Crippen LogP contribution in [0.4, 0.5) is 4.79 Å². The monoisotopic (exact) mass is 451 g/mol. The number of morpholine rings is 1. The van der Waals surface area contributed by atoms with Crippen molar-refractivity contribution in [1.82, 2.24) is 15.5 Å². The second-order valence-electron chi connectivity index (χ2n) is 7.05. The van der Waals surface area contributed by atoms with E-state index in [1.54, 1.807) is 18.2 Å². The summed E-state index contributed by atoms with van der Waals surface area (Å²) in [5.41, 5.74) is 1.97. The predicted octanol–water partition coefficient (Wildman–Crippen LogP) is 3.39. The van der Waals surface area contributed by atoms with Crippen LogP contribution in [-0.2, 0) is 17.8 Å². The number of nitrogens with zero attached hydrogens (tertiary/aromatic N) is 1. The Morgan fingerprint density at radius 2 is 1.93 bits per heavy atom. The van der Waals surface area contributed by atoms with Crippen molar-refractivity contribution in [1.29, 1.82) is 0 Å². The van der Waals surface area contributed by atoms with Gasteiger partial charge in [-0.3, -0.25) is 4.90 Å². The highest BCUT2D eigenvalue weighted by Gasteiger charge is 2.21. The van der Waals surface area contributed by atoms with E-state index in [1.807, 2.05) is 12.1 Å². The maximum absolute atomic E-state index is 12.1. The summed E-state index contributed by atoms with van der Waals surface area (Å²) in [5, 5.41) is 15.6. The fourth-order valence-electron chi connectivity index (χ4n) is 3.21. The average Bonchev–Trinajstić information content (AvgIpc) is 2.74. The predicted molar refractivity (Wildman–Crippen MR) is 115 cm³/mol. The first kappa shape index (κ1) is 22.4. The number of halogens is 2. The molecular formula is C21H23Cl2N3O4. The van der Waals surface area contributed by atoms with E-state index in [2.05, 4.69) is 15.5 Å². The lowest BCUT2D eigenvalue weighted by atomic mass is 10.1. The molecule has 3 rings (SSSR count). The van der Waals surface area contributed by atoms with Gasteiger partial charge >= 0.3 is 12.0 Å². The van der Waals surface area contributed by atoms with Crippen molar-refractivity contribution in [3.63, 3.8) is 0 Å². The zero-order valence-electron chi connectivity index (χ0n) is 16.2. The van der Waals surface area contributed by atoms with Crippen molar-refractivity contribution in [2.24, 2.45) is 0 Å². The van der Waals surface area contributed by atoms with Gasteiger partial charge in [-0.2, -0.15) is 0 Å². The van der Waals surface area contributed by atoms with E-state index in [4.69, 9.17) is 33.0 Å². The number of ether oxygens (including phenoxy) is 1. The number of urea groups is 1. The first-order chi connectivity index (χ1) is 14.4. The fraction of sp³-hybridized carbons (Fsp3) is 0.333. The van der Waals surface area contributed by atoms with Crippen molar-refractivity contribution in [3.05, 3.63) is 69.2 Å². The summed E-state index contributed by atoms with van der Waals surface area (Å²) in [4.78, 5) is 25.3. The van der Waals surface area contributed by atoms with Gasteiger partial charge in [0, 0.05) is 32.7 Å². The molecular weight excluding hydrogens is 429 g/mol. The van der Waals surface area contributed by atoms with Crippen LogP contribution in [-0.4, -0.2) is 54.4 Å². The Labute approximate surface area is 184 Å². The lowest BCUT2D eigenvalue weighted by Crippen LogP contribution is -2.48. The Morgan fingerprint density at radius 1 is 1.10 bits per heavy atom. The Bertz CT molecular complexity index is 910. The summed E-state index contributed by atoms with van der Waals surface area (Å²) >= 11 is 12.1. The van der Waals surface area contributed by atoms with Crippen molar-refractivity contribution in [2.75, 3.05) is 26.2 Å². The number of carbonyl (C=O) groups is 2. The minimum absolute atomic E-state index is 0.123. The Balaban J connectivity index is 1.42. The van der Waals surface area contributed by atoms with Crippen LogP contribution < -0.4 is 10.6 Å². The first-order valence-electron chi connectivity index (χ1n) is 9.52. The highest BCUT2D eigenvalue weighted by Crippen LogP contribution is 2.23. The number of carbonyl (C=O) groups excluding carboxylic acids is 1. The van der Waals surface area contributed by atoms with Crippen LogP contribution in [0.25, 0.3) is 0 Å². The average molecular weight is 452 g/mol. The normalized spacial score (nSPS) is 16.8. The standard InChI is InChI=1S/C21H23Cl2N3O4/c22-18-5-4-15(9-19(18)23)12-26-6-7-30-17(13-26)11-25-21(29)24-10-14-2-1-3-16(8-14)20(27)28/h1-5,8-9,17H,6-7,10-13H2,(H,27,28)(H2,24,25,29). The number of amides is 2. The molecule has 0 aliphatic carbocycles. The van der Waals surface area contributed by atoms with Crippen LogP contribution in [0.5, 0.6) is 0 Å². The van der Waals surface area contributed by atoms with Crippen LogP contribution in [0.15, 0.2) is 42.5 Å². The second-order valence-corrected chi connectivity index (χ2v) is 7.86. The molecule has 160 valence electrons. The van der Waals surface area contributed by atoms with Crippen LogP contribution in [0, 0.1) is 0 Å². The van der Waals surface area contributed by atoms with Gasteiger partial charge in [0.25, 0.3) is 0 Å². The van der Waals surface area contributed by atoms with Gasteiger partial charge in [0.05, 0.1) is 28.3 Å². The molecule has 1 aliphatic heterocycles. The Kier molecular flexibility index (Phi) is 7.93. The maximum atomic E-state index is 12.1. The number of carboxylic acid groups (broad SMARTS) is 1. The molecule has 30 heavy (non-hydrogen) atoms. The number of hydrogen-bond donors (Lipinski definition) is 3. The molecule has 2 aromatic carbocycles. The van der Waals surface area contributed by atoms with E-state index in [0.717, 1.165) is 18.7 Å². The highest BCUT2D eigenvalue weighted by molar-refractivity contribution is 6.42. The number of hydrogen-bond acceptors (Lipinski definition) is 4. The molecule has 1 fully saturated rings. The fourth-order valence-corrected chi connectivity index (χ4v) is 3.53. The van der Waals surface area contributed by atoms with Gasteiger partial charge in [-0.25, -0.2) is 9.59 Å². The van der Waals surface area contributed by atoms with Gasteiger partial charge in [0.15, 0.2) is 0 Å². The second kappa shape index (κ2) is 10.6. The van der Waals surface area contributed by atoms with Crippen LogP contribution >= 0.6 is 23.2 Å². The van der Waals surface area contributed by atoms with Crippen LogP contribution in [0.2, 0.25) is 10.0 Å². The third-order valence-electron chi connectivity index (χ3n) is 4.73. The summed E-state index contributed by atoms with van der Waals surface area (Å²) < 4.78 is 5.75. The Morgan fingerprint density at radius 3 is 2.70 bits per heavy atom. The van der Waals surface area contributed by atoms with Gasteiger partial charge < -0.3 is 20.5 Å². The molecule has 1 heterocycles. The molecule has 1 aliphatic rings. The lowest BCUT2D eigenvalue weighted by Gasteiger charge is -2.33. The molecule has 7 nitrogen and oxygen atoms in total. The van der Waals surface area contributed by atoms with Crippen molar-refractivity contribution < 1.29 is 19.4 Å². The van der Waals surface area contributed by atoms with Crippen LogP contribution in [0.3, 0.4) is 0 Å². The number of aromatic carboxylic acids is 1. The molecule has 0 aromatic heterocycles. The molecule has 1 unspecified atom stereocenters. The lowest BCUT2D eigenvalue weighted by molar-refractivity contribution is -0.0287. The van der Waals surface area contributed by atoms with Crippen molar-refractivity contribution >= 4 is 35.2 Å². The summed E-state index contributed by atoms with van der Waals surface area (Å²) in [7, 11) is 0. The van der Waals surface area contributed by atoms with E-state index in [-0.39, 0.29) is 24.2 Å². The molecule has 2 amide bonds. The van der Waals surface area contributed by atoms with Gasteiger partial charge in [-0.15, -0.1) is 0 Å². The zero-order valence-corrected chi connectivity index (χ0v) is 17.7. The van der Waals surface area contributed by atoms with E-state index in [1.165, 1.54) is 12.1 Å². The largest absolute Gasteiger partial charge is 0.478 e. The zero-order chi connectivity index (χ0) is 21.5. The van der Waals surface area contributed by atoms with Gasteiger partial charge in [0.1, 0.15) is 0 Å². The van der Waals surface area contributed by atoms with Crippen molar-refractivity contribution in [3.8, 4) is 0 Å². The van der Waals surface area contributed by atoms with E-state index in [0.29, 0.717) is 35.3 Å². The number of carboxylic acids is 1. The Hall–Kier alpha value is -2.32. The first-order valence-corrected chi connectivity index (χ1v) is 10.3. The molecule has 9 heteroatoms. The summed E-state index contributed by atoms with van der Waals surface area (Å²) in [5.74, 6) is -0.999. The molecule has 0 radical (unpaired) electrons. The quantitative estimate of drug-likeness (QED) is 0.599. The third kappa shape index (κ3) is 6.60. The van der Waals surface area contributed by atoms with Gasteiger partial charge in [0.2, 0.25) is 0 Å². The van der Waals surface area contributed by atoms with Crippen LogP contribution in [0.1, 0.15) is 21.5 Å². The van der Waals surface area contributed by atoms with E-state index >= 15 is 0 Å². The number of benzene rings is 2. The molecule has 0 saturated carbocycles. The highest BCUT2D eigenvalue weighted by atomic mass is 35.5. The third-order valence-corrected chi connectivity index (χ3v) is 5.47. The molecule has 0 spiro atoms. The molecule has 1 saturated heterocycles. The molecule has 3 N–H and O–H groups in total. The minimum atomic E-state index is -0.999. The maximum Gasteiger partial charge on any atom is 0.335 e. The molecule has 0 bridgehead atoms. The topological polar surface area (TPSA) is 90.9 Å². The molecule has 2 aromatic rings. The number of rotatable bonds is 7. The minimum Gasteiger partial charge on any atom is -0.478 e. The SMILES string of the molecule is O=C(NCc1cccc(C(=O)O)c1)NCC1CN(Cc2ccc(Cl)c(Cl)c2)CCO1. The summed E-state index contributed by atoms with van der Waals surface area (Å²) in [6.45, 7) is 3.39. The van der Waals surface area contributed by atoms with E-state index < -0.39 is 5.97 Å². The summed E-state index contributed by atoms with van der Waals surface area (Å²) in [6.07, 6.45) is -0.123. The number of nitrogens with one attached hydrogen (secondary N) is 2. The van der Waals surface area contributed by atoms with E-state index in [9.17, 15) is 9.59 Å². The summed E-state index contributed by atoms with van der Waals surface area (Å²) in [6, 6.07) is 11.7. The van der Waals surface area contributed by atoms with Gasteiger partial charge in [-0.05, 0) is 35.4 Å².